The second-order valence-electron chi connectivity index (χ2n) is 6.31. The van der Waals surface area contributed by atoms with Gasteiger partial charge in [0.05, 0.1) is 23.3 Å². The number of benzene rings is 2. The summed E-state index contributed by atoms with van der Waals surface area (Å²) in [5.41, 5.74) is 5.57. The van der Waals surface area contributed by atoms with Crippen molar-refractivity contribution in [3.05, 3.63) is 109 Å². The van der Waals surface area contributed by atoms with Crippen LogP contribution in [0.4, 0.5) is 0 Å². The molecule has 30 heavy (non-hydrogen) atoms. The SMILES string of the molecule is N#Cc1ccc(-[n+]2ccc(-c3cc[n+](-c4ccc(C#N)cc4)cc3)cc2)cc1.[Br-].[Br-]. The molecule has 146 valence electrons. The van der Waals surface area contributed by atoms with E-state index in [-0.39, 0.29) is 34.0 Å². The summed E-state index contributed by atoms with van der Waals surface area (Å²) in [5.74, 6) is 0. The number of rotatable bonds is 3. The molecule has 2 aromatic carbocycles. The van der Waals surface area contributed by atoms with Gasteiger partial charge < -0.3 is 34.0 Å². The lowest BCUT2D eigenvalue weighted by atomic mass is 10.1. The average Bonchev–Trinajstić information content (AvgIpc) is 2.79. The van der Waals surface area contributed by atoms with Gasteiger partial charge in [0.25, 0.3) is 0 Å². The summed E-state index contributed by atoms with van der Waals surface area (Å²) >= 11 is 0. The highest BCUT2D eigenvalue weighted by Gasteiger charge is 2.09. The fourth-order valence-electron chi connectivity index (χ4n) is 3.00. The molecule has 4 aromatic rings. The van der Waals surface area contributed by atoms with Gasteiger partial charge in [-0.3, -0.25) is 0 Å². The summed E-state index contributed by atoms with van der Waals surface area (Å²) in [4.78, 5) is 0. The zero-order valence-electron chi connectivity index (χ0n) is 15.8. The second kappa shape index (κ2) is 10.5. The molecule has 0 aliphatic heterocycles. The number of aromatic nitrogens is 2. The van der Waals surface area contributed by atoms with Crippen molar-refractivity contribution >= 4 is 0 Å². The first kappa shape index (κ1) is 23.0. The van der Waals surface area contributed by atoms with Gasteiger partial charge in [-0.2, -0.15) is 19.7 Å². The van der Waals surface area contributed by atoms with Gasteiger partial charge in [-0.05, 0) is 35.4 Å². The Morgan fingerprint density at radius 1 is 0.467 bits per heavy atom. The third-order valence-electron chi connectivity index (χ3n) is 4.58. The smallest absolute Gasteiger partial charge is 0.210 e. The van der Waals surface area contributed by atoms with Crippen molar-refractivity contribution in [1.29, 1.82) is 10.5 Å². The van der Waals surface area contributed by atoms with Crippen molar-refractivity contribution in [1.82, 2.24) is 0 Å². The van der Waals surface area contributed by atoms with Gasteiger partial charge in [-0.1, -0.05) is 0 Å². The number of pyridine rings is 2. The highest BCUT2D eigenvalue weighted by Crippen LogP contribution is 2.17. The van der Waals surface area contributed by atoms with Gasteiger partial charge >= 0.3 is 0 Å². The molecule has 4 rings (SSSR count). The fourth-order valence-corrected chi connectivity index (χ4v) is 3.00. The average molecular weight is 520 g/mol. The van der Waals surface area contributed by atoms with Crippen molar-refractivity contribution < 1.29 is 43.1 Å². The minimum atomic E-state index is 0. The molecule has 0 fully saturated rings. The summed E-state index contributed by atoms with van der Waals surface area (Å²) in [6.45, 7) is 0. The van der Waals surface area contributed by atoms with Gasteiger partial charge in [0.2, 0.25) is 11.4 Å². The Morgan fingerprint density at radius 3 is 1.03 bits per heavy atom. The molecule has 0 amide bonds. The van der Waals surface area contributed by atoms with E-state index in [4.69, 9.17) is 10.5 Å². The zero-order chi connectivity index (χ0) is 19.3. The molecule has 0 spiro atoms. The maximum absolute atomic E-state index is 8.91. The topological polar surface area (TPSA) is 55.3 Å². The van der Waals surface area contributed by atoms with Crippen LogP contribution in [0.2, 0.25) is 0 Å². The molecule has 6 heteroatoms. The van der Waals surface area contributed by atoms with Crippen LogP contribution in [0.15, 0.2) is 97.6 Å². The van der Waals surface area contributed by atoms with Crippen molar-refractivity contribution in [2.45, 2.75) is 0 Å². The predicted octanol–water partition coefficient (Wildman–Crippen LogP) is -2.34. The number of nitriles is 2. The van der Waals surface area contributed by atoms with Crippen molar-refractivity contribution in [2.75, 3.05) is 0 Å². The number of hydrogen-bond acceptors (Lipinski definition) is 2. The van der Waals surface area contributed by atoms with Crippen LogP contribution >= 0.6 is 0 Å². The first-order valence-electron chi connectivity index (χ1n) is 8.81. The molecule has 0 radical (unpaired) electrons. The van der Waals surface area contributed by atoms with E-state index in [2.05, 4.69) is 36.4 Å². The van der Waals surface area contributed by atoms with Crippen LogP contribution in [0, 0.1) is 22.7 Å². The minimum Gasteiger partial charge on any atom is -1.00 e. The number of halogens is 2. The molecular weight excluding hydrogens is 504 g/mol. The quantitative estimate of drug-likeness (QED) is 0.285. The Labute approximate surface area is 196 Å². The van der Waals surface area contributed by atoms with Crippen molar-refractivity contribution in [3.63, 3.8) is 0 Å². The summed E-state index contributed by atoms with van der Waals surface area (Å²) < 4.78 is 4.04. The molecule has 0 aliphatic rings. The van der Waals surface area contributed by atoms with E-state index >= 15 is 0 Å². The normalized spacial score (nSPS) is 9.40. The standard InChI is InChI=1S/C24H16N4.2BrH/c25-17-19-1-5-23(6-2-19)27-13-9-21(10-14-27)22-11-15-28(16-12-22)24-7-3-20(18-26)4-8-24;;/h1-16H;2*1H/q+2;;/p-2. The van der Waals surface area contributed by atoms with Gasteiger partial charge in [-0.15, -0.1) is 0 Å². The predicted molar refractivity (Wildman–Crippen MR) is 104 cm³/mol. The van der Waals surface area contributed by atoms with E-state index < -0.39 is 0 Å². The number of hydrogen-bond donors (Lipinski definition) is 0. The molecule has 0 N–H and O–H groups in total. The minimum absolute atomic E-state index is 0. The summed E-state index contributed by atoms with van der Waals surface area (Å²) in [7, 11) is 0. The molecule has 0 saturated carbocycles. The molecule has 2 aromatic heterocycles. The van der Waals surface area contributed by atoms with Gasteiger partial charge in [0.15, 0.2) is 24.8 Å². The lowest BCUT2D eigenvalue weighted by Gasteiger charge is -2.01. The van der Waals surface area contributed by atoms with E-state index in [0.717, 1.165) is 22.5 Å². The Kier molecular flexibility index (Phi) is 8.00. The van der Waals surface area contributed by atoms with Gasteiger partial charge in [0.1, 0.15) is 0 Å². The summed E-state index contributed by atoms with van der Waals surface area (Å²) in [5, 5.41) is 17.8. The summed E-state index contributed by atoms with van der Waals surface area (Å²) in [6, 6.07) is 27.5. The molecule has 0 unspecified atom stereocenters. The molecule has 4 nitrogen and oxygen atoms in total. The maximum Gasteiger partial charge on any atom is 0.210 e. The zero-order valence-corrected chi connectivity index (χ0v) is 19.0. The molecule has 0 aliphatic carbocycles. The van der Waals surface area contributed by atoms with Crippen LogP contribution in [0.5, 0.6) is 0 Å². The van der Waals surface area contributed by atoms with Crippen molar-refractivity contribution in [2.24, 2.45) is 0 Å². The Balaban J connectivity index is 0.00000160. The van der Waals surface area contributed by atoms with Crippen LogP contribution in [0.3, 0.4) is 0 Å². The Morgan fingerprint density at radius 2 is 0.767 bits per heavy atom. The molecular formula is C24H16Br2N4. The van der Waals surface area contributed by atoms with Crippen LogP contribution < -0.4 is 43.1 Å². The fraction of sp³-hybridized carbons (Fsp3) is 0. The van der Waals surface area contributed by atoms with Crippen LogP contribution in [-0.2, 0) is 0 Å². The lowest BCUT2D eigenvalue weighted by molar-refractivity contribution is -0.596. The molecule has 2 heterocycles. The second-order valence-corrected chi connectivity index (χ2v) is 6.31. The first-order chi connectivity index (χ1) is 13.8. The Bertz CT molecular complexity index is 1090. The molecule has 0 saturated heterocycles. The third-order valence-corrected chi connectivity index (χ3v) is 4.58. The monoisotopic (exact) mass is 518 g/mol. The Hall–Kier alpha value is -3.32. The lowest BCUT2D eigenvalue weighted by Crippen LogP contribution is -3.00. The van der Waals surface area contributed by atoms with Gasteiger partial charge in [0, 0.05) is 48.5 Å². The highest BCUT2D eigenvalue weighted by molar-refractivity contribution is 5.61. The summed E-state index contributed by atoms with van der Waals surface area (Å²) in [6.07, 6.45) is 8.05. The van der Waals surface area contributed by atoms with Crippen molar-refractivity contribution in [3.8, 4) is 34.6 Å². The van der Waals surface area contributed by atoms with Gasteiger partial charge in [-0.25, -0.2) is 0 Å². The largest absolute Gasteiger partial charge is 1.00 e. The molecule has 0 bridgehead atoms. The van der Waals surface area contributed by atoms with E-state index in [1.54, 1.807) is 0 Å². The first-order valence-corrected chi connectivity index (χ1v) is 8.81. The van der Waals surface area contributed by atoms with Crippen LogP contribution in [-0.4, -0.2) is 0 Å². The maximum atomic E-state index is 8.91. The van der Waals surface area contributed by atoms with E-state index in [1.807, 2.05) is 82.5 Å². The molecule has 0 atom stereocenters. The van der Waals surface area contributed by atoms with E-state index in [1.165, 1.54) is 0 Å². The van der Waals surface area contributed by atoms with Crippen LogP contribution in [0.25, 0.3) is 22.5 Å². The highest BCUT2D eigenvalue weighted by atomic mass is 79.9. The van der Waals surface area contributed by atoms with E-state index in [0.29, 0.717) is 11.1 Å². The van der Waals surface area contributed by atoms with Crippen LogP contribution in [0.1, 0.15) is 11.1 Å². The van der Waals surface area contributed by atoms with E-state index in [9.17, 15) is 0 Å². The third kappa shape index (κ3) is 4.99. The number of nitrogens with zero attached hydrogens (tertiary/aromatic N) is 4.